The lowest BCUT2D eigenvalue weighted by molar-refractivity contribution is -0.131. The predicted molar refractivity (Wildman–Crippen MR) is 106 cm³/mol. The Labute approximate surface area is 168 Å². The van der Waals surface area contributed by atoms with E-state index in [1.54, 1.807) is 12.1 Å². The molecule has 2 aromatic rings. The monoisotopic (exact) mass is 403 g/mol. The molecule has 1 heterocycles. The zero-order chi connectivity index (χ0) is 20.1. The van der Waals surface area contributed by atoms with Gasteiger partial charge >= 0.3 is 0 Å². The van der Waals surface area contributed by atoms with E-state index in [-0.39, 0.29) is 30.9 Å². The molecule has 8 nitrogen and oxygen atoms in total. The molecule has 3 N–H and O–H groups in total. The number of amides is 2. The number of rotatable bonds is 9. The van der Waals surface area contributed by atoms with E-state index in [0.29, 0.717) is 22.4 Å². The van der Waals surface area contributed by atoms with Crippen LogP contribution in [0.25, 0.3) is 0 Å². The van der Waals surface area contributed by atoms with Gasteiger partial charge < -0.3 is 15.4 Å². The van der Waals surface area contributed by atoms with Crippen LogP contribution >= 0.6 is 12.2 Å². The Morgan fingerprint density at radius 1 is 1.32 bits per heavy atom. The van der Waals surface area contributed by atoms with Crippen molar-refractivity contribution in [3.05, 3.63) is 40.9 Å². The van der Waals surface area contributed by atoms with Crippen LogP contribution in [0.4, 0.5) is 0 Å². The molecule has 0 saturated heterocycles. The van der Waals surface area contributed by atoms with E-state index in [1.165, 1.54) is 0 Å². The fraction of sp³-hybridized carbons (Fsp3) is 0.474. The minimum Gasteiger partial charge on any atom is -0.484 e. The third-order valence-corrected chi connectivity index (χ3v) is 4.78. The molecule has 150 valence electrons. The summed E-state index contributed by atoms with van der Waals surface area (Å²) in [7, 11) is 0. The van der Waals surface area contributed by atoms with Crippen molar-refractivity contribution in [1.82, 2.24) is 25.4 Å². The van der Waals surface area contributed by atoms with Crippen molar-refractivity contribution in [2.24, 2.45) is 5.92 Å². The van der Waals surface area contributed by atoms with Crippen LogP contribution in [0.1, 0.15) is 38.6 Å². The molecule has 1 atom stereocenters. The first kappa shape index (κ1) is 20.1. The van der Waals surface area contributed by atoms with Crippen LogP contribution in [0.3, 0.4) is 0 Å². The van der Waals surface area contributed by atoms with Gasteiger partial charge in [-0.2, -0.15) is 5.10 Å². The van der Waals surface area contributed by atoms with Gasteiger partial charge in [0.2, 0.25) is 5.91 Å². The van der Waals surface area contributed by atoms with Crippen LogP contribution < -0.4 is 15.4 Å². The smallest absolute Gasteiger partial charge is 0.258 e. The van der Waals surface area contributed by atoms with Gasteiger partial charge in [0, 0.05) is 6.04 Å². The lowest BCUT2D eigenvalue weighted by Crippen LogP contribution is -2.50. The maximum absolute atomic E-state index is 12.6. The molecule has 9 heteroatoms. The number of benzene rings is 1. The van der Waals surface area contributed by atoms with E-state index < -0.39 is 6.04 Å². The fourth-order valence-electron chi connectivity index (χ4n) is 2.86. The van der Waals surface area contributed by atoms with Crippen molar-refractivity contribution in [3.8, 4) is 5.75 Å². The molecule has 0 radical (unpaired) electrons. The molecule has 1 aromatic carbocycles. The highest BCUT2D eigenvalue weighted by Gasteiger charge is 2.28. The molecule has 0 bridgehead atoms. The van der Waals surface area contributed by atoms with Crippen LogP contribution in [0.2, 0.25) is 0 Å². The lowest BCUT2D eigenvalue weighted by atomic mass is 10.0. The molecule has 1 saturated carbocycles. The first-order chi connectivity index (χ1) is 13.5. The molecule has 28 heavy (non-hydrogen) atoms. The van der Waals surface area contributed by atoms with E-state index in [9.17, 15) is 9.59 Å². The van der Waals surface area contributed by atoms with Crippen LogP contribution in [0.15, 0.2) is 30.3 Å². The molecule has 1 aliphatic rings. The van der Waals surface area contributed by atoms with Crippen molar-refractivity contribution in [1.29, 1.82) is 0 Å². The van der Waals surface area contributed by atoms with E-state index >= 15 is 0 Å². The Bertz CT molecular complexity index is 873. The molecule has 0 aliphatic heterocycles. The van der Waals surface area contributed by atoms with Crippen molar-refractivity contribution in [2.75, 3.05) is 6.61 Å². The van der Waals surface area contributed by atoms with Gasteiger partial charge in [-0.3, -0.25) is 19.3 Å². The van der Waals surface area contributed by atoms with Gasteiger partial charge in [0.15, 0.2) is 17.2 Å². The number of carbonyl (C=O) groups excluding carboxylic acids is 2. The van der Waals surface area contributed by atoms with Gasteiger partial charge in [0.1, 0.15) is 11.8 Å². The van der Waals surface area contributed by atoms with Gasteiger partial charge in [-0.1, -0.05) is 32.0 Å². The number of ether oxygens (including phenoxy) is 1. The number of nitrogens with one attached hydrogen (secondary N) is 3. The Kier molecular flexibility index (Phi) is 6.45. The normalized spacial score (nSPS) is 14.5. The summed E-state index contributed by atoms with van der Waals surface area (Å²) in [5.41, 5.74) is 0. The summed E-state index contributed by atoms with van der Waals surface area (Å²) in [6, 6.07) is 8.77. The van der Waals surface area contributed by atoms with Gasteiger partial charge in [-0.15, -0.1) is 0 Å². The van der Waals surface area contributed by atoms with Gasteiger partial charge in [-0.05, 0) is 43.1 Å². The molecule has 1 unspecified atom stereocenters. The number of carbonyl (C=O) groups is 2. The molecule has 1 aliphatic carbocycles. The summed E-state index contributed by atoms with van der Waals surface area (Å²) >= 11 is 5.25. The van der Waals surface area contributed by atoms with Gasteiger partial charge in [-0.25, -0.2) is 0 Å². The quantitative estimate of drug-likeness (QED) is 0.557. The molecule has 1 fully saturated rings. The highest BCUT2D eigenvalue weighted by atomic mass is 32.1. The highest BCUT2D eigenvalue weighted by Crippen LogP contribution is 2.35. The van der Waals surface area contributed by atoms with Crippen LogP contribution in [0.5, 0.6) is 5.75 Å². The zero-order valence-corrected chi connectivity index (χ0v) is 16.8. The second-order valence-corrected chi connectivity index (χ2v) is 7.54. The summed E-state index contributed by atoms with van der Waals surface area (Å²) in [6.07, 6.45) is 2.14. The van der Waals surface area contributed by atoms with Crippen LogP contribution in [-0.2, 0) is 16.1 Å². The maximum Gasteiger partial charge on any atom is 0.258 e. The molecule has 3 rings (SSSR count). The first-order valence-electron chi connectivity index (χ1n) is 9.36. The number of aromatic amines is 1. The largest absolute Gasteiger partial charge is 0.484 e. The van der Waals surface area contributed by atoms with Crippen molar-refractivity contribution >= 4 is 24.0 Å². The van der Waals surface area contributed by atoms with Gasteiger partial charge in [0.25, 0.3) is 5.91 Å². The average molecular weight is 404 g/mol. The summed E-state index contributed by atoms with van der Waals surface area (Å²) < 4.78 is 7.96. The number of para-hydroxylation sites is 1. The minimum absolute atomic E-state index is 0.0788. The second kappa shape index (κ2) is 9.01. The van der Waals surface area contributed by atoms with Gasteiger partial charge in [0.05, 0.1) is 6.54 Å². The first-order valence-corrected chi connectivity index (χ1v) is 9.77. The molecule has 2 amide bonds. The maximum atomic E-state index is 12.6. The Morgan fingerprint density at radius 3 is 2.68 bits per heavy atom. The van der Waals surface area contributed by atoms with Crippen molar-refractivity contribution in [2.45, 2.75) is 45.3 Å². The summed E-state index contributed by atoms with van der Waals surface area (Å²) in [4.78, 5) is 24.8. The average Bonchev–Trinajstić information content (AvgIpc) is 3.45. The topological polar surface area (TPSA) is 101 Å². The molecular formula is C19H25N5O3S. The number of nitrogens with zero attached hydrogens (tertiary/aromatic N) is 2. The Morgan fingerprint density at radius 2 is 2.04 bits per heavy atom. The summed E-state index contributed by atoms with van der Waals surface area (Å²) in [6.45, 7) is 3.86. The molecular weight excluding hydrogens is 378 g/mol. The summed E-state index contributed by atoms with van der Waals surface area (Å²) in [5, 5.41) is 12.6. The zero-order valence-electron chi connectivity index (χ0n) is 16.0. The number of hydrogen-bond acceptors (Lipinski definition) is 5. The predicted octanol–water partition coefficient (Wildman–Crippen LogP) is 2.11. The third kappa shape index (κ3) is 5.19. The minimum atomic E-state index is -0.664. The van der Waals surface area contributed by atoms with Crippen LogP contribution in [-0.4, -0.2) is 39.2 Å². The molecule has 0 spiro atoms. The van der Waals surface area contributed by atoms with Crippen molar-refractivity contribution in [3.63, 3.8) is 0 Å². The molecule has 1 aromatic heterocycles. The standard InChI is InChI=1S/C19H25N5O3S/c1-12(2)17(21-16(25)11-27-14-6-4-3-5-7-14)18(26)20-10-15-22-23-19(28)24(15)13-8-9-13/h3-7,12-13,17H,8-11H2,1-2H3,(H,20,26)(H,21,25)(H,23,28). The summed E-state index contributed by atoms with van der Waals surface area (Å²) in [5.74, 6) is 0.607. The third-order valence-electron chi connectivity index (χ3n) is 4.49. The van der Waals surface area contributed by atoms with E-state index in [2.05, 4.69) is 20.8 Å². The fourth-order valence-corrected chi connectivity index (χ4v) is 3.16. The number of aromatic nitrogens is 3. The number of hydrogen-bond donors (Lipinski definition) is 3. The van der Waals surface area contributed by atoms with E-state index in [0.717, 1.165) is 12.8 Å². The number of H-pyrrole nitrogens is 1. The van der Waals surface area contributed by atoms with Crippen molar-refractivity contribution < 1.29 is 14.3 Å². The second-order valence-electron chi connectivity index (χ2n) is 7.15. The highest BCUT2D eigenvalue weighted by molar-refractivity contribution is 7.71. The SMILES string of the molecule is CC(C)C(NC(=O)COc1ccccc1)C(=O)NCc1n[nH]c(=S)n1C1CC1. The van der Waals surface area contributed by atoms with Crippen LogP contribution in [0, 0.1) is 10.7 Å². The lowest BCUT2D eigenvalue weighted by Gasteiger charge is -2.21. The van der Waals surface area contributed by atoms with E-state index in [1.807, 2.05) is 36.6 Å². The Hall–Kier alpha value is -2.68. The van der Waals surface area contributed by atoms with E-state index in [4.69, 9.17) is 17.0 Å². The Balaban J connectivity index is 1.53.